The summed E-state index contributed by atoms with van der Waals surface area (Å²) in [6.45, 7) is 0. The third-order valence-corrected chi connectivity index (χ3v) is 4.26. The van der Waals surface area contributed by atoms with Gasteiger partial charge in [0.15, 0.2) is 5.65 Å². The van der Waals surface area contributed by atoms with Crippen LogP contribution in [0.5, 0.6) is 0 Å². The summed E-state index contributed by atoms with van der Waals surface area (Å²) in [5.41, 5.74) is 1.47. The smallest absolute Gasteiger partial charge is 0.259 e. The van der Waals surface area contributed by atoms with Crippen molar-refractivity contribution in [1.29, 1.82) is 0 Å². The van der Waals surface area contributed by atoms with Gasteiger partial charge in [0, 0.05) is 31.2 Å². The number of carbonyl (C=O) groups is 1. The molecule has 0 unspecified atom stereocenters. The number of pyridine rings is 1. The van der Waals surface area contributed by atoms with Crippen molar-refractivity contribution in [2.24, 2.45) is 13.0 Å². The predicted octanol–water partition coefficient (Wildman–Crippen LogP) is 1.42. The molecule has 3 aromatic heterocycles. The molecule has 3 aromatic rings. The van der Waals surface area contributed by atoms with Crippen molar-refractivity contribution in [3.05, 3.63) is 23.7 Å². The maximum absolute atomic E-state index is 12.4. The molecule has 112 valence electrons. The molecule has 1 saturated carbocycles. The van der Waals surface area contributed by atoms with E-state index in [9.17, 15) is 4.79 Å². The zero-order valence-corrected chi connectivity index (χ0v) is 12.7. The first-order chi connectivity index (χ1) is 10.7. The van der Waals surface area contributed by atoms with E-state index >= 15 is 0 Å². The molecule has 1 N–H and O–H groups in total. The van der Waals surface area contributed by atoms with E-state index in [2.05, 4.69) is 30.0 Å². The van der Waals surface area contributed by atoms with Gasteiger partial charge in [-0.25, -0.2) is 14.6 Å². The molecule has 0 saturated heterocycles. The summed E-state index contributed by atoms with van der Waals surface area (Å²) in [6, 6.07) is 1.62. The van der Waals surface area contributed by atoms with Gasteiger partial charge in [-0.15, -0.1) is 5.10 Å². The molecule has 1 aliphatic rings. The zero-order valence-electron chi connectivity index (χ0n) is 11.9. The van der Waals surface area contributed by atoms with Gasteiger partial charge in [-0.2, -0.15) is 4.37 Å². The first-order valence-corrected chi connectivity index (χ1v) is 7.76. The Hall–Kier alpha value is -2.42. The first-order valence-electron chi connectivity index (χ1n) is 6.99. The van der Waals surface area contributed by atoms with Crippen LogP contribution >= 0.6 is 11.5 Å². The normalized spacial score (nSPS) is 14.4. The number of aromatic nitrogens is 6. The summed E-state index contributed by atoms with van der Waals surface area (Å²) in [5.74, 6) is 1.25. The average Bonchev–Trinajstić information content (AvgIpc) is 3.09. The molecule has 0 aliphatic heterocycles. The molecule has 1 fully saturated rings. The summed E-state index contributed by atoms with van der Waals surface area (Å²) in [5, 5.41) is 11.2. The Morgan fingerprint density at radius 1 is 1.50 bits per heavy atom. The molecule has 8 nitrogen and oxygen atoms in total. The van der Waals surface area contributed by atoms with E-state index in [1.54, 1.807) is 19.3 Å². The minimum Gasteiger partial charge on any atom is -0.297 e. The van der Waals surface area contributed by atoms with Crippen LogP contribution in [0.3, 0.4) is 0 Å². The second kappa shape index (κ2) is 5.09. The Labute approximate surface area is 129 Å². The van der Waals surface area contributed by atoms with Crippen molar-refractivity contribution in [3.63, 3.8) is 0 Å². The highest BCUT2D eigenvalue weighted by atomic mass is 32.1. The van der Waals surface area contributed by atoms with E-state index in [0.29, 0.717) is 21.9 Å². The minimum absolute atomic E-state index is 0.276. The molecule has 1 aliphatic carbocycles. The summed E-state index contributed by atoms with van der Waals surface area (Å²) in [7, 11) is 1.74. The molecule has 4 rings (SSSR count). The van der Waals surface area contributed by atoms with Crippen LogP contribution < -0.4 is 5.32 Å². The Kier molecular flexibility index (Phi) is 3.07. The van der Waals surface area contributed by atoms with Gasteiger partial charge in [-0.1, -0.05) is 5.21 Å². The average molecular weight is 315 g/mol. The minimum atomic E-state index is -0.276. The van der Waals surface area contributed by atoms with Crippen molar-refractivity contribution in [1.82, 2.24) is 29.3 Å². The molecule has 3 heterocycles. The molecular weight excluding hydrogens is 302 g/mol. The van der Waals surface area contributed by atoms with Gasteiger partial charge >= 0.3 is 0 Å². The lowest BCUT2D eigenvalue weighted by Crippen LogP contribution is -2.12. The van der Waals surface area contributed by atoms with E-state index in [1.807, 2.05) is 0 Å². The first kappa shape index (κ1) is 13.3. The van der Waals surface area contributed by atoms with Crippen LogP contribution in [-0.2, 0) is 13.5 Å². The van der Waals surface area contributed by atoms with E-state index in [0.717, 1.165) is 18.2 Å². The van der Waals surface area contributed by atoms with Crippen LogP contribution in [0, 0.1) is 5.92 Å². The number of nitrogens with one attached hydrogen (secondary N) is 1. The van der Waals surface area contributed by atoms with Gasteiger partial charge < -0.3 is 0 Å². The lowest BCUT2D eigenvalue weighted by atomic mass is 10.2. The molecule has 9 heteroatoms. The lowest BCUT2D eigenvalue weighted by molar-refractivity contribution is 0.102. The number of fused-ring (bicyclic) bond motifs is 1. The third kappa shape index (κ3) is 2.43. The van der Waals surface area contributed by atoms with Crippen molar-refractivity contribution >= 4 is 33.7 Å². The highest BCUT2D eigenvalue weighted by Gasteiger charge is 2.24. The summed E-state index contributed by atoms with van der Waals surface area (Å²) < 4.78 is 5.81. The monoisotopic (exact) mass is 315 g/mol. The highest BCUT2D eigenvalue weighted by molar-refractivity contribution is 7.09. The Balaban J connectivity index is 1.56. The standard InChI is InChI=1S/C13H13N7OS/c1-20-11-10(17-19-20)8(4-5-14-11)12(21)16-13-15-9(18-22-13)6-7-2-3-7/h4-5,7H,2-3,6H2,1H3,(H,15,16,18,21). The molecule has 0 atom stereocenters. The Bertz CT molecular complexity index is 851. The molecule has 0 spiro atoms. The van der Waals surface area contributed by atoms with Gasteiger partial charge in [0.2, 0.25) is 5.13 Å². The molecule has 0 radical (unpaired) electrons. The Morgan fingerprint density at radius 3 is 3.18 bits per heavy atom. The fourth-order valence-corrected chi connectivity index (χ4v) is 2.84. The SMILES string of the molecule is Cn1nnc2c(C(=O)Nc3nc(CC4CC4)ns3)ccnc21. The van der Waals surface area contributed by atoms with Crippen LogP contribution in [0.2, 0.25) is 0 Å². The van der Waals surface area contributed by atoms with Crippen LogP contribution in [-0.4, -0.2) is 35.2 Å². The maximum Gasteiger partial charge on any atom is 0.259 e. The molecule has 1 amide bonds. The molecule has 22 heavy (non-hydrogen) atoms. The fraction of sp³-hybridized carbons (Fsp3) is 0.385. The lowest BCUT2D eigenvalue weighted by Gasteiger charge is -2.01. The number of hydrogen-bond acceptors (Lipinski definition) is 7. The van der Waals surface area contributed by atoms with Crippen LogP contribution in [0.4, 0.5) is 5.13 Å². The molecule has 0 aromatic carbocycles. The number of anilines is 1. The third-order valence-electron chi connectivity index (χ3n) is 3.59. The number of rotatable bonds is 4. The summed E-state index contributed by atoms with van der Waals surface area (Å²) in [6.07, 6.45) is 4.97. The second-order valence-corrected chi connectivity index (χ2v) is 6.11. The van der Waals surface area contributed by atoms with E-state index in [-0.39, 0.29) is 5.91 Å². The number of aryl methyl sites for hydroxylation is 1. The quantitative estimate of drug-likeness (QED) is 0.782. The number of hydrogen-bond donors (Lipinski definition) is 1. The zero-order chi connectivity index (χ0) is 15.1. The largest absolute Gasteiger partial charge is 0.297 e. The van der Waals surface area contributed by atoms with Crippen molar-refractivity contribution in [2.75, 3.05) is 5.32 Å². The van der Waals surface area contributed by atoms with Gasteiger partial charge in [0.1, 0.15) is 11.3 Å². The van der Waals surface area contributed by atoms with E-state index in [1.165, 1.54) is 29.1 Å². The summed E-state index contributed by atoms with van der Waals surface area (Å²) in [4.78, 5) is 20.9. The van der Waals surface area contributed by atoms with Crippen LogP contribution in [0.25, 0.3) is 11.2 Å². The topological polar surface area (TPSA) is 98.5 Å². The number of amides is 1. The highest BCUT2D eigenvalue weighted by Crippen LogP contribution is 2.32. The van der Waals surface area contributed by atoms with E-state index in [4.69, 9.17) is 0 Å². The maximum atomic E-state index is 12.4. The Morgan fingerprint density at radius 2 is 2.36 bits per heavy atom. The predicted molar refractivity (Wildman–Crippen MR) is 80.6 cm³/mol. The summed E-state index contributed by atoms with van der Waals surface area (Å²) >= 11 is 1.20. The van der Waals surface area contributed by atoms with Crippen molar-refractivity contribution in [3.8, 4) is 0 Å². The fourth-order valence-electron chi connectivity index (χ4n) is 2.25. The van der Waals surface area contributed by atoms with Crippen molar-refractivity contribution in [2.45, 2.75) is 19.3 Å². The van der Waals surface area contributed by atoms with Gasteiger partial charge in [0.05, 0.1) is 5.56 Å². The molecular formula is C13H13N7OS. The van der Waals surface area contributed by atoms with E-state index < -0.39 is 0 Å². The molecule has 0 bridgehead atoms. The van der Waals surface area contributed by atoms with Gasteiger partial charge in [-0.3, -0.25) is 10.1 Å². The van der Waals surface area contributed by atoms with Crippen molar-refractivity contribution < 1.29 is 4.79 Å². The van der Waals surface area contributed by atoms with Gasteiger partial charge in [0.25, 0.3) is 5.91 Å². The van der Waals surface area contributed by atoms with Gasteiger partial charge in [-0.05, 0) is 24.8 Å². The van der Waals surface area contributed by atoms with Crippen LogP contribution in [0.15, 0.2) is 12.3 Å². The second-order valence-electron chi connectivity index (χ2n) is 5.36. The number of carbonyl (C=O) groups excluding carboxylic acids is 1. The van der Waals surface area contributed by atoms with Crippen LogP contribution in [0.1, 0.15) is 29.0 Å². The number of nitrogens with zero attached hydrogens (tertiary/aromatic N) is 6.